The Balaban J connectivity index is 1.40. The minimum absolute atomic E-state index is 0.134. The first kappa shape index (κ1) is 11.7. The maximum absolute atomic E-state index is 5.92. The number of ether oxygens (including phenoxy) is 1. The zero-order valence-electron chi connectivity index (χ0n) is 11.7. The van der Waals surface area contributed by atoms with E-state index in [1.165, 1.54) is 38.5 Å². The van der Waals surface area contributed by atoms with Crippen molar-refractivity contribution >= 4 is 0 Å². The van der Waals surface area contributed by atoms with Crippen LogP contribution in [0.5, 0.6) is 0 Å². The first-order chi connectivity index (χ1) is 8.72. The highest BCUT2D eigenvalue weighted by Crippen LogP contribution is 2.53. The Morgan fingerprint density at radius 2 is 1.72 bits per heavy atom. The smallest absolute Gasteiger partial charge is 0.0779 e. The molecule has 0 radical (unpaired) electrons. The highest BCUT2D eigenvalue weighted by Gasteiger charge is 2.48. The lowest BCUT2D eigenvalue weighted by molar-refractivity contribution is -0.0306. The molecule has 0 aromatic carbocycles. The van der Waals surface area contributed by atoms with E-state index in [2.05, 4.69) is 12.2 Å². The molecule has 1 aliphatic heterocycles. The van der Waals surface area contributed by atoms with Crippen molar-refractivity contribution in [3.8, 4) is 0 Å². The maximum Gasteiger partial charge on any atom is 0.0779 e. The number of nitrogens with one attached hydrogen (secondary N) is 1. The van der Waals surface area contributed by atoms with Gasteiger partial charge in [0.25, 0.3) is 0 Å². The van der Waals surface area contributed by atoms with Crippen molar-refractivity contribution in [3.63, 3.8) is 0 Å². The van der Waals surface area contributed by atoms with Crippen molar-refractivity contribution in [1.82, 2.24) is 5.32 Å². The standard InChI is InChI=1S/C16H27NO/c1-16(3-2-4-18-16)10-17-15-13-6-11-5-12(8-13)9-14(15)7-11/h11-15,17H,2-10H2,1H3. The molecule has 0 aromatic rings. The average Bonchev–Trinajstić information content (AvgIpc) is 2.75. The Labute approximate surface area is 111 Å². The van der Waals surface area contributed by atoms with E-state index >= 15 is 0 Å². The molecule has 102 valence electrons. The van der Waals surface area contributed by atoms with Crippen LogP contribution in [0.15, 0.2) is 0 Å². The lowest BCUT2D eigenvalue weighted by Crippen LogP contribution is -2.56. The van der Waals surface area contributed by atoms with Crippen molar-refractivity contribution < 1.29 is 4.74 Å². The van der Waals surface area contributed by atoms with Gasteiger partial charge in [-0.3, -0.25) is 0 Å². The lowest BCUT2D eigenvalue weighted by Gasteiger charge is -2.55. The van der Waals surface area contributed by atoms with Gasteiger partial charge in [0.2, 0.25) is 0 Å². The fraction of sp³-hybridized carbons (Fsp3) is 1.00. The summed E-state index contributed by atoms with van der Waals surface area (Å²) in [7, 11) is 0. The summed E-state index contributed by atoms with van der Waals surface area (Å²) in [4.78, 5) is 0. The summed E-state index contributed by atoms with van der Waals surface area (Å²) in [5.74, 6) is 4.16. The van der Waals surface area contributed by atoms with Gasteiger partial charge in [-0.25, -0.2) is 0 Å². The van der Waals surface area contributed by atoms with Gasteiger partial charge in [0.05, 0.1) is 5.60 Å². The zero-order chi connectivity index (χ0) is 12.2. The minimum atomic E-state index is 0.134. The van der Waals surface area contributed by atoms with E-state index in [1.807, 2.05) is 0 Å². The van der Waals surface area contributed by atoms with Crippen LogP contribution in [-0.4, -0.2) is 24.8 Å². The molecular weight excluding hydrogens is 222 g/mol. The molecule has 0 amide bonds. The number of hydrogen-bond acceptors (Lipinski definition) is 2. The van der Waals surface area contributed by atoms with Gasteiger partial charge in [0, 0.05) is 19.2 Å². The third-order valence-electron chi connectivity index (χ3n) is 6.24. The molecule has 2 nitrogen and oxygen atoms in total. The van der Waals surface area contributed by atoms with E-state index in [1.54, 1.807) is 6.42 Å². The van der Waals surface area contributed by atoms with Crippen LogP contribution in [0.4, 0.5) is 0 Å². The van der Waals surface area contributed by atoms with Crippen LogP contribution >= 0.6 is 0 Å². The average molecular weight is 249 g/mol. The molecule has 0 aromatic heterocycles. The molecule has 18 heavy (non-hydrogen) atoms. The van der Waals surface area contributed by atoms with Gasteiger partial charge in [-0.05, 0) is 75.5 Å². The lowest BCUT2D eigenvalue weighted by atomic mass is 9.54. The molecule has 4 bridgehead atoms. The predicted molar refractivity (Wildman–Crippen MR) is 72.4 cm³/mol. The molecule has 5 aliphatic rings. The molecule has 5 rings (SSSR count). The van der Waals surface area contributed by atoms with E-state index in [0.717, 1.165) is 42.9 Å². The summed E-state index contributed by atoms with van der Waals surface area (Å²) >= 11 is 0. The third-order valence-corrected chi connectivity index (χ3v) is 6.24. The third kappa shape index (κ3) is 1.92. The quantitative estimate of drug-likeness (QED) is 0.830. The second kappa shape index (κ2) is 4.21. The van der Waals surface area contributed by atoms with Gasteiger partial charge in [-0.2, -0.15) is 0 Å². The Morgan fingerprint density at radius 3 is 2.28 bits per heavy atom. The van der Waals surface area contributed by atoms with Crippen LogP contribution in [0, 0.1) is 23.7 Å². The van der Waals surface area contributed by atoms with Crippen LogP contribution in [0.25, 0.3) is 0 Å². The van der Waals surface area contributed by atoms with Crippen molar-refractivity contribution in [2.45, 2.75) is 63.5 Å². The Morgan fingerprint density at radius 1 is 1.06 bits per heavy atom. The molecule has 2 heteroatoms. The van der Waals surface area contributed by atoms with Crippen molar-refractivity contribution in [2.24, 2.45) is 23.7 Å². The molecular formula is C16H27NO. The van der Waals surface area contributed by atoms with Gasteiger partial charge in [-0.1, -0.05) is 0 Å². The number of hydrogen-bond donors (Lipinski definition) is 1. The first-order valence-corrected chi connectivity index (χ1v) is 8.09. The molecule has 1 heterocycles. The SMILES string of the molecule is CC1(CNC2C3CC4CC(C3)CC2C4)CCCO1. The minimum Gasteiger partial charge on any atom is -0.374 e. The first-order valence-electron chi connectivity index (χ1n) is 8.09. The Hall–Kier alpha value is -0.0800. The van der Waals surface area contributed by atoms with E-state index in [0.29, 0.717) is 0 Å². The second-order valence-electron chi connectivity index (χ2n) is 7.74. The highest BCUT2D eigenvalue weighted by atomic mass is 16.5. The van der Waals surface area contributed by atoms with Gasteiger partial charge in [0.15, 0.2) is 0 Å². The van der Waals surface area contributed by atoms with E-state index in [9.17, 15) is 0 Å². The summed E-state index contributed by atoms with van der Waals surface area (Å²) in [5, 5.41) is 3.92. The van der Waals surface area contributed by atoms with Crippen molar-refractivity contribution in [3.05, 3.63) is 0 Å². The summed E-state index contributed by atoms with van der Waals surface area (Å²) in [6, 6.07) is 0.818. The van der Waals surface area contributed by atoms with E-state index < -0.39 is 0 Å². The maximum atomic E-state index is 5.92. The van der Waals surface area contributed by atoms with Crippen molar-refractivity contribution in [2.75, 3.05) is 13.2 Å². The Bertz CT molecular complexity index is 293. The second-order valence-corrected chi connectivity index (χ2v) is 7.74. The van der Waals surface area contributed by atoms with Gasteiger partial charge in [0.1, 0.15) is 0 Å². The fourth-order valence-electron chi connectivity index (χ4n) is 5.57. The van der Waals surface area contributed by atoms with Gasteiger partial charge < -0.3 is 10.1 Å². The van der Waals surface area contributed by atoms with Crippen LogP contribution in [0.2, 0.25) is 0 Å². The van der Waals surface area contributed by atoms with Gasteiger partial charge in [-0.15, -0.1) is 0 Å². The van der Waals surface area contributed by atoms with E-state index in [-0.39, 0.29) is 5.60 Å². The van der Waals surface area contributed by atoms with E-state index in [4.69, 9.17) is 4.74 Å². The topological polar surface area (TPSA) is 21.3 Å². The summed E-state index contributed by atoms with van der Waals surface area (Å²) in [6.45, 7) is 4.35. The highest BCUT2D eigenvalue weighted by molar-refractivity contribution is 5.02. The molecule has 1 atom stereocenters. The molecule has 0 spiro atoms. The summed E-state index contributed by atoms with van der Waals surface area (Å²) in [6.07, 6.45) is 10.1. The molecule has 4 aliphatic carbocycles. The predicted octanol–water partition coefficient (Wildman–Crippen LogP) is 2.97. The molecule has 4 saturated carbocycles. The van der Waals surface area contributed by atoms with Crippen LogP contribution in [-0.2, 0) is 4.74 Å². The molecule has 1 N–H and O–H groups in total. The summed E-state index contributed by atoms with van der Waals surface area (Å²) in [5.41, 5.74) is 0.134. The fourth-order valence-corrected chi connectivity index (χ4v) is 5.57. The molecule has 5 fully saturated rings. The molecule has 1 unspecified atom stereocenters. The number of rotatable bonds is 3. The van der Waals surface area contributed by atoms with Crippen LogP contribution < -0.4 is 5.32 Å². The monoisotopic (exact) mass is 249 g/mol. The van der Waals surface area contributed by atoms with Crippen molar-refractivity contribution in [1.29, 1.82) is 0 Å². The van der Waals surface area contributed by atoms with Crippen LogP contribution in [0.1, 0.15) is 51.9 Å². The molecule has 1 saturated heterocycles. The Kier molecular flexibility index (Phi) is 2.74. The van der Waals surface area contributed by atoms with Crippen LogP contribution in [0.3, 0.4) is 0 Å². The normalized spacial score (nSPS) is 54.2. The summed E-state index contributed by atoms with van der Waals surface area (Å²) < 4.78 is 5.92. The largest absolute Gasteiger partial charge is 0.374 e. The zero-order valence-corrected chi connectivity index (χ0v) is 11.7. The van der Waals surface area contributed by atoms with Gasteiger partial charge >= 0.3 is 0 Å².